The summed E-state index contributed by atoms with van der Waals surface area (Å²) in [5.41, 5.74) is 14.2. The number of rotatable bonds is 6. The van der Waals surface area contributed by atoms with Crippen LogP contribution in [0.15, 0.2) is 0 Å². The van der Waals surface area contributed by atoms with E-state index in [0.29, 0.717) is 0 Å². The SMILES string of the molecule is O=P([O-])([O-])OP(=O)([O-])O.O=P([O-])([O-])OP(=O)([O-])O.[NH3+]CC[NH3+].[NH3+]CC[NH3+].[Ni+2].[OH3+].[OH3+]. The molecule has 0 rings (SSSR count). The van der Waals surface area contributed by atoms with Crippen molar-refractivity contribution >= 4 is 31.3 Å². The summed E-state index contributed by atoms with van der Waals surface area (Å²) in [5.74, 6) is 0. The van der Waals surface area contributed by atoms with E-state index in [1.807, 2.05) is 0 Å². The molecule has 0 saturated heterocycles. The molecule has 29 heavy (non-hydrogen) atoms. The Morgan fingerprint density at radius 3 is 0.724 bits per heavy atom. The molecule has 20 N–H and O–H groups in total. The molecule has 0 heterocycles. The molecular weight excluding hydrogens is 543 g/mol. The van der Waals surface area contributed by atoms with Gasteiger partial charge in [-0.3, -0.25) is 17.8 Å². The molecule has 2 atom stereocenters. The van der Waals surface area contributed by atoms with E-state index in [1.54, 1.807) is 0 Å². The van der Waals surface area contributed by atoms with Gasteiger partial charge in [-0.05, 0) is 0 Å². The Morgan fingerprint density at radius 2 is 0.724 bits per heavy atom. The molecule has 0 spiro atoms. The molecule has 0 fully saturated rings. The van der Waals surface area contributed by atoms with Crippen molar-refractivity contribution in [2.75, 3.05) is 26.2 Å². The second-order valence-electron chi connectivity index (χ2n) is 3.41. The van der Waals surface area contributed by atoms with Gasteiger partial charge in [0, 0.05) is 0 Å². The van der Waals surface area contributed by atoms with Crippen molar-refractivity contribution in [1.82, 2.24) is 0 Å². The van der Waals surface area contributed by atoms with Gasteiger partial charge in [-0.1, -0.05) is 0 Å². The van der Waals surface area contributed by atoms with Crippen LogP contribution in [0.25, 0.3) is 0 Å². The molecule has 0 aliphatic heterocycles. The Labute approximate surface area is 174 Å². The minimum Gasteiger partial charge on any atom is -0.790 e. The van der Waals surface area contributed by atoms with E-state index in [2.05, 4.69) is 31.6 Å². The molecule has 0 radical (unpaired) electrons. The third kappa shape index (κ3) is 94.5. The van der Waals surface area contributed by atoms with Gasteiger partial charge in [0.1, 0.15) is 26.2 Å². The van der Waals surface area contributed by atoms with Crippen LogP contribution in [0.1, 0.15) is 0 Å². The summed E-state index contributed by atoms with van der Waals surface area (Å²) in [6.07, 6.45) is 0. The number of hydrogen-bond donors (Lipinski definition) is 6. The summed E-state index contributed by atoms with van der Waals surface area (Å²) in [7, 11) is -22.1. The van der Waals surface area contributed by atoms with E-state index >= 15 is 0 Å². The van der Waals surface area contributed by atoms with E-state index in [0.717, 1.165) is 26.2 Å². The van der Waals surface area contributed by atoms with Crippen molar-refractivity contribution < 1.29 is 116 Å². The quantitative estimate of drug-likeness (QED) is 0.0980. The molecule has 0 aliphatic rings. The van der Waals surface area contributed by atoms with Gasteiger partial charge in [0.05, 0.1) is 15.6 Å². The summed E-state index contributed by atoms with van der Waals surface area (Å²) in [6, 6.07) is 0. The number of phosphoric acid groups is 4. The average molecular weight is 571 g/mol. The van der Waals surface area contributed by atoms with Gasteiger partial charge in [0.25, 0.3) is 15.6 Å². The molecule has 0 saturated carbocycles. The van der Waals surface area contributed by atoms with Crippen LogP contribution in [0.3, 0.4) is 0 Å². The van der Waals surface area contributed by atoms with Gasteiger partial charge in [0.15, 0.2) is 0 Å². The molecule has 20 nitrogen and oxygen atoms in total. The molecule has 188 valence electrons. The van der Waals surface area contributed by atoms with E-state index in [1.165, 1.54) is 0 Å². The van der Waals surface area contributed by atoms with Crippen LogP contribution in [-0.2, 0) is 54.3 Å². The first-order valence-corrected chi connectivity index (χ1v) is 11.9. The van der Waals surface area contributed by atoms with Crippen LogP contribution >= 0.6 is 31.3 Å². The van der Waals surface area contributed by atoms with Crippen LogP contribution in [-0.4, -0.2) is 36.0 Å². The Kier molecular flexibility index (Phi) is 38.4. The zero-order chi connectivity index (χ0) is 22.2. The van der Waals surface area contributed by atoms with Gasteiger partial charge in [-0.15, -0.1) is 0 Å². The Bertz CT molecular complexity index is 423. The minimum absolute atomic E-state index is 0. The summed E-state index contributed by atoms with van der Waals surface area (Å²) in [5, 5.41) is 0. The number of hydrogen-bond acceptors (Lipinski definition) is 12. The normalized spacial score (nSPS) is 13.9. The molecule has 0 aromatic carbocycles. The molecule has 2 unspecified atom stereocenters. The largest absolute Gasteiger partial charge is 2.00 e. The van der Waals surface area contributed by atoms with E-state index in [9.17, 15) is 47.6 Å². The summed E-state index contributed by atoms with van der Waals surface area (Å²) >= 11 is 0. The van der Waals surface area contributed by atoms with Crippen LogP contribution in [0, 0.1) is 0 Å². The summed E-state index contributed by atoms with van der Waals surface area (Å²) < 4.78 is 42.9. The van der Waals surface area contributed by atoms with Gasteiger partial charge in [-0.25, -0.2) is 0 Å². The minimum atomic E-state index is -5.61. The van der Waals surface area contributed by atoms with Gasteiger partial charge >= 0.3 is 16.5 Å². The predicted octanol–water partition coefficient (Wildman–Crippen LogP) is -12.3. The summed E-state index contributed by atoms with van der Waals surface area (Å²) in [4.78, 5) is 71.4. The second kappa shape index (κ2) is 23.4. The Hall–Kier alpha value is 0.774. The van der Waals surface area contributed by atoms with Crippen LogP contribution in [0.5, 0.6) is 0 Å². The Morgan fingerprint density at radius 1 is 0.586 bits per heavy atom. The van der Waals surface area contributed by atoms with Crippen LogP contribution < -0.4 is 52.3 Å². The first kappa shape index (κ1) is 47.5. The van der Waals surface area contributed by atoms with Crippen molar-refractivity contribution in [1.29, 1.82) is 0 Å². The molecule has 0 aliphatic carbocycles. The predicted molar refractivity (Wildman–Crippen MR) is 77.8 cm³/mol. The average Bonchev–Trinajstić information content (AvgIpc) is 2.31. The molecule has 0 bridgehead atoms. The van der Waals surface area contributed by atoms with Gasteiger partial charge in [0.2, 0.25) is 0 Å². The first-order chi connectivity index (χ1) is 11.2. The van der Waals surface area contributed by atoms with Crippen molar-refractivity contribution in [3.63, 3.8) is 0 Å². The monoisotopic (exact) mass is 570 g/mol. The Balaban J connectivity index is -0.0000000458. The number of quaternary nitrogens is 4. The molecular formula is C4H28N4NiO16P4+2. The van der Waals surface area contributed by atoms with Crippen molar-refractivity contribution in [3.05, 3.63) is 0 Å². The maximum absolute atomic E-state index is 9.44. The first-order valence-electron chi connectivity index (χ1n) is 5.96. The van der Waals surface area contributed by atoms with E-state index in [-0.39, 0.29) is 27.4 Å². The fraction of sp³-hybridized carbons (Fsp3) is 1.00. The fourth-order valence-electron chi connectivity index (χ4n) is 0.253. The standard InChI is InChI=1S/2C2H8N2.Ni.2H4O7P2.2H2O/c2*3-1-2-4;;2*1-8(2,3)7-9(4,5)6;;/h2*1-4H2;;2*(H2,1,2,3)(H2,4,5,6);2*1H2/q;;+2;;;;. The molecule has 0 aromatic heterocycles. The third-order valence-corrected chi connectivity index (χ3v) is 4.16. The topological polar surface area (TPSA) is 442 Å². The van der Waals surface area contributed by atoms with Gasteiger partial charge in [-0.2, -0.15) is 0 Å². The third-order valence-electron chi connectivity index (χ3n) is 0.906. The molecule has 25 heteroatoms. The van der Waals surface area contributed by atoms with Crippen molar-refractivity contribution in [3.8, 4) is 0 Å². The van der Waals surface area contributed by atoms with Crippen LogP contribution in [0.2, 0.25) is 0 Å². The summed E-state index contributed by atoms with van der Waals surface area (Å²) in [6.45, 7) is 3.83. The molecule has 0 aromatic rings. The zero-order valence-corrected chi connectivity index (χ0v) is 19.3. The smallest absolute Gasteiger partial charge is 0.790 e. The van der Waals surface area contributed by atoms with Crippen LogP contribution in [0.4, 0.5) is 0 Å². The maximum Gasteiger partial charge on any atom is 2.00 e. The zero-order valence-electron chi connectivity index (χ0n) is 14.7. The van der Waals surface area contributed by atoms with E-state index in [4.69, 9.17) is 9.79 Å². The van der Waals surface area contributed by atoms with Crippen molar-refractivity contribution in [2.24, 2.45) is 0 Å². The fourth-order valence-corrected chi connectivity index (χ4v) is 2.27. The maximum atomic E-state index is 9.44. The van der Waals surface area contributed by atoms with Crippen molar-refractivity contribution in [2.45, 2.75) is 0 Å². The van der Waals surface area contributed by atoms with E-state index < -0.39 is 31.3 Å². The molecule has 0 amide bonds. The second-order valence-corrected chi connectivity index (χ2v) is 8.38. The van der Waals surface area contributed by atoms with Gasteiger partial charge < -0.3 is 82.2 Å².